The number of rotatable bonds is 8. The molecule has 0 aliphatic carbocycles. The molecule has 0 saturated carbocycles. The zero-order chi connectivity index (χ0) is 26.2. The monoisotopic (exact) mass is 479 g/mol. The number of hydrogen-bond donors (Lipinski definition) is 0. The van der Waals surface area contributed by atoms with E-state index in [9.17, 15) is 10.5 Å². The fourth-order valence-electron chi connectivity index (χ4n) is 4.19. The van der Waals surface area contributed by atoms with Crippen molar-refractivity contribution in [1.82, 2.24) is 0 Å². The van der Waals surface area contributed by atoms with Crippen molar-refractivity contribution in [2.24, 2.45) is 0 Å². The Balaban J connectivity index is 1.68. The Bertz CT molecular complexity index is 1600. The summed E-state index contributed by atoms with van der Waals surface area (Å²) in [6.07, 6.45) is 9.35. The summed E-state index contributed by atoms with van der Waals surface area (Å²) in [6, 6.07) is 29.7. The average molecular weight is 480 g/mol. The Hall–Kier alpha value is -5.32. The number of nitriles is 2. The van der Waals surface area contributed by atoms with Crippen LogP contribution >= 0.6 is 0 Å². The minimum atomic E-state index is 0.554. The third kappa shape index (κ3) is 5.20. The standard InChI is InChI=1S/C33H25N3O/c1-4-7-27(5-2)36(29-17-19-30(37-3)20-18-29)28-15-11-24(12-16-28)10-13-25-14-21-31-26(22-34)8-6-9-32(31)33(25)23-35/h4-21H,1-2H2,3H3/b13-10?,27-7+. The first-order chi connectivity index (χ1) is 18.1. The van der Waals surface area contributed by atoms with Crippen molar-refractivity contribution in [2.75, 3.05) is 12.0 Å². The van der Waals surface area contributed by atoms with Gasteiger partial charge in [-0.1, -0.05) is 67.8 Å². The fraction of sp³-hybridized carbons (Fsp3) is 0.0303. The highest BCUT2D eigenvalue weighted by Crippen LogP contribution is 2.32. The van der Waals surface area contributed by atoms with E-state index in [1.165, 1.54) is 0 Å². The molecule has 0 aliphatic rings. The lowest BCUT2D eigenvalue weighted by atomic mass is 9.96. The summed E-state index contributed by atoms with van der Waals surface area (Å²) in [5, 5.41) is 20.8. The quantitative estimate of drug-likeness (QED) is 0.189. The fourth-order valence-corrected chi connectivity index (χ4v) is 4.19. The molecule has 4 nitrogen and oxygen atoms in total. The molecule has 0 spiro atoms. The van der Waals surface area contributed by atoms with Crippen molar-refractivity contribution in [1.29, 1.82) is 10.5 Å². The van der Waals surface area contributed by atoms with Crippen LogP contribution in [0.1, 0.15) is 22.3 Å². The molecule has 0 aromatic heterocycles. The van der Waals surface area contributed by atoms with Gasteiger partial charge in [-0.2, -0.15) is 10.5 Å². The van der Waals surface area contributed by atoms with Gasteiger partial charge in [-0.15, -0.1) is 0 Å². The van der Waals surface area contributed by atoms with Crippen LogP contribution in [0, 0.1) is 22.7 Å². The van der Waals surface area contributed by atoms with Gasteiger partial charge in [0.2, 0.25) is 0 Å². The molecule has 0 amide bonds. The molecular formula is C33H25N3O. The predicted octanol–water partition coefficient (Wildman–Crippen LogP) is 8.16. The molecule has 4 aromatic rings. The van der Waals surface area contributed by atoms with Gasteiger partial charge in [0.15, 0.2) is 0 Å². The summed E-state index contributed by atoms with van der Waals surface area (Å²) >= 11 is 0. The normalized spacial score (nSPS) is 11.1. The van der Waals surface area contributed by atoms with E-state index in [-0.39, 0.29) is 0 Å². The molecular weight excluding hydrogens is 454 g/mol. The highest BCUT2D eigenvalue weighted by molar-refractivity contribution is 5.95. The van der Waals surface area contributed by atoms with E-state index in [4.69, 9.17) is 4.74 Å². The summed E-state index contributed by atoms with van der Waals surface area (Å²) in [7, 11) is 1.65. The summed E-state index contributed by atoms with van der Waals surface area (Å²) < 4.78 is 5.31. The van der Waals surface area contributed by atoms with Crippen molar-refractivity contribution in [3.63, 3.8) is 0 Å². The van der Waals surface area contributed by atoms with Crippen LogP contribution in [-0.4, -0.2) is 7.11 Å². The number of allylic oxidation sites excluding steroid dienone is 3. The van der Waals surface area contributed by atoms with Gasteiger partial charge in [-0.25, -0.2) is 0 Å². The Morgan fingerprint density at radius 2 is 1.51 bits per heavy atom. The van der Waals surface area contributed by atoms with Gasteiger partial charge in [-0.05, 0) is 65.7 Å². The molecule has 178 valence electrons. The molecule has 0 unspecified atom stereocenters. The van der Waals surface area contributed by atoms with Crippen molar-refractivity contribution in [3.05, 3.63) is 138 Å². The van der Waals surface area contributed by atoms with Crippen LogP contribution in [0.5, 0.6) is 5.75 Å². The molecule has 0 aliphatic heterocycles. The van der Waals surface area contributed by atoms with E-state index in [2.05, 4.69) is 30.2 Å². The second-order valence-corrected chi connectivity index (χ2v) is 8.14. The SMILES string of the molecule is C=C/C=C(\C=C)N(c1ccc(C=Cc2ccc3c(C#N)cccc3c2C#N)cc1)c1ccc(OC)cc1. The van der Waals surface area contributed by atoms with E-state index in [0.717, 1.165) is 44.7 Å². The molecule has 0 bridgehead atoms. The maximum atomic E-state index is 9.83. The third-order valence-electron chi connectivity index (χ3n) is 6.02. The van der Waals surface area contributed by atoms with Crippen LogP contribution in [0.15, 0.2) is 116 Å². The van der Waals surface area contributed by atoms with Crippen LogP contribution in [0.4, 0.5) is 11.4 Å². The minimum absolute atomic E-state index is 0.554. The molecule has 4 heteroatoms. The lowest BCUT2D eigenvalue weighted by molar-refractivity contribution is 0.415. The first kappa shape index (κ1) is 24.8. The second-order valence-electron chi connectivity index (χ2n) is 8.14. The largest absolute Gasteiger partial charge is 0.497 e. The number of ether oxygens (including phenoxy) is 1. The summed E-state index contributed by atoms with van der Waals surface area (Å²) in [6.45, 7) is 7.81. The molecule has 0 saturated heterocycles. The number of benzene rings is 4. The summed E-state index contributed by atoms with van der Waals surface area (Å²) in [4.78, 5) is 2.09. The first-order valence-electron chi connectivity index (χ1n) is 11.7. The van der Waals surface area contributed by atoms with Crippen molar-refractivity contribution in [2.45, 2.75) is 0 Å². The topological polar surface area (TPSA) is 60.0 Å². The van der Waals surface area contributed by atoms with Gasteiger partial charge in [0.1, 0.15) is 11.8 Å². The van der Waals surface area contributed by atoms with E-state index in [1.807, 2.05) is 85.0 Å². The Kier molecular flexibility index (Phi) is 7.64. The Morgan fingerprint density at radius 1 is 0.811 bits per heavy atom. The average Bonchev–Trinajstić information content (AvgIpc) is 2.95. The lowest BCUT2D eigenvalue weighted by Crippen LogP contribution is -2.14. The number of hydrogen-bond acceptors (Lipinski definition) is 4. The highest BCUT2D eigenvalue weighted by atomic mass is 16.5. The Morgan fingerprint density at radius 3 is 2.11 bits per heavy atom. The molecule has 37 heavy (non-hydrogen) atoms. The molecule has 0 N–H and O–H groups in total. The van der Waals surface area contributed by atoms with Crippen molar-refractivity contribution < 1.29 is 4.74 Å². The van der Waals surface area contributed by atoms with E-state index in [0.29, 0.717) is 11.1 Å². The molecule has 4 rings (SSSR count). The summed E-state index contributed by atoms with van der Waals surface area (Å²) in [5.41, 5.74) is 5.71. The number of nitrogens with zero attached hydrogens (tertiary/aromatic N) is 3. The number of fused-ring (bicyclic) bond motifs is 1. The zero-order valence-corrected chi connectivity index (χ0v) is 20.6. The number of anilines is 2. The van der Waals surface area contributed by atoms with E-state index >= 15 is 0 Å². The van der Waals surface area contributed by atoms with E-state index < -0.39 is 0 Å². The first-order valence-corrected chi connectivity index (χ1v) is 11.7. The van der Waals surface area contributed by atoms with Gasteiger partial charge in [0.05, 0.1) is 24.3 Å². The third-order valence-corrected chi connectivity index (χ3v) is 6.02. The van der Waals surface area contributed by atoms with E-state index in [1.54, 1.807) is 31.4 Å². The maximum absolute atomic E-state index is 9.83. The van der Waals surface area contributed by atoms with Gasteiger partial charge < -0.3 is 9.64 Å². The predicted molar refractivity (Wildman–Crippen MR) is 152 cm³/mol. The molecule has 0 heterocycles. The van der Waals surface area contributed by atoms with Gasteiger partial charge in [-0.3, -0.25) is 0 Å². The van der Waals surface area contributed by atoms with Crippen LogP contribution in [-0.2, 0) is 0 Å². The lowest BCUT2D eigenvalue weighted by Gasteiger charge is -2.26. The molecule has 0 radical (unpaired) electrons. The molecule has 0 atom stereocenters. The van der Waals surface area contributed by atoms with Crippen LogP contribution in [0.3, 0.4) is 0 Å². The maximum Gasteiger partial charge on any atom is 0.119 e. The number of methoxy groups -OCH3 is 1. The molecule has 0 fully saturated rings. The van der Waals surface area contributed by atoms with Crippen LogP contribution in [0.2, 0.25) is 0 Å². The van der Waals surface area contributed by atoms with Gasteiger partial charge in [0.25, 0.3) is 0 Å². The van der Waals surface area contributed by atoms with Crippen molar-refractivity contribution in [3.8, 4) is 17.9 Å². The zero-order valence-electron chi connectivity index (χ0n) is 20.6. The second kappa shape index (κ2) is 11.4. The minimum Gasteiger partial charge on any atom is -0.497 e. The summed E-state index contributed by atoms with van der Waals surface area (Å²) in [5.74, 6) is 0.784. The Labute approximate surface area is 217 Å². The van der Waals surface area contributed by atoms with Gasteiger partial charge >= 0.3 is 0 Å². The van der Waals surface area contributed by atoms with Gasteiger partial charge in [0, 0.05) is 27.8 Å². The smallest absolute Gasteiger partial charge is 0.119 e. The van der Waals surface area contributed by atoms with Crippen molar-refractivity contribution >= 4 is 34.3 Å². The highest BCUT2D eigenvalue weighted by Gasteiger charge is 2.13. The van der Waals surface area contributed by atoms with Crippen LogP contribution in [0.25, 0.3) is 22.9 Å². The molecule has 4 aromatic carbocycles. The van der Waals surface area contributed by atoms with Crippen LogP contribution < -0.4 is 9.64 Å².